The van der Waals surface area contributed by atoms with E-state index in [2.05, 4.69) is 26.2 Å². The van der Waals surface area contributed by atoms with E-state index in [0.29, 0.717) is 6.04 Å². The number of benzene rings is 1. The van der Waals surface area contributed by atoms with Crippen LogP contribution in [0.1, 0.15) is 12.8 Å². The van der Waals surface area contributed by atoms with Crippen molar-refractivity contribution in [3.05, 3.63) is 28.9 Å². The van der Waals surface area contributed by atoms with Gasteiger partial charge in [-0.2, -0.15) is 0 Å². The third kappa shape index (κ3) is 2.67. The summed E-state index contributed by atoms with van der Waals surface area (Å²) in [6.45, 7) is 1.62. The number of halogens is 1. The highest BCUT2D eigenvalue weighted by Gasteiger charge is 2.15. The van der Waals surface area contributed by atoms with Crippen molar-refractivity contribution in [1.82, 2.24) is 4.98 Å². The van der Waals surface area contributed by atoms with Gasteiger partial charge in [0, 0.05) is 34.4 Å². The molecular formula is C14H16BrN3O. The molecule has 1 aromatic carbocycles. The van der Waals surface area contributed by atoms with Gasteiger partial charge in [-0.1, -0.05) is 0 Å². The molecule has 0 bridgehead atoms. The Bertz CT molecular complexity index is 597. The molecule has 0 amide bonds. The summed E-state index contributed by atoms with van der Waals surface area (Å²) in [5.74, 6) is 0. The molecule has 1 aromatic heterocycles. The van der Waals surface area contributed by atoms with E-state index in [1.54, 1.807) is 6.20 Å². The Morgan fingerprint density at radius 1 is 1.42 bits per heavy atom. The van der Waals surface area contributed by atoms with Crippen LogP contribution in [0.25, 0.3) is 10.9 Å². The first-order chi connectivity index (χ1) is 9.24. The molecule has 0 aliphatic carbocycles. The quantitative estimate of drug-likeness (QED) is 0.834. The molecule has 2 aromatic rings. The van der Waals surface area contributed by atoms with Crippen molar-refractivity contribution in [1.29, 1.82) is 0 Å². The summed E-state index contributed by atoms with van der Waals surface area (Å²) < 4.78 is 6.43. The summed E-state index contributed by atoms with van der Waals surface area (Å²) in [6, 6.07) is 6.27. The van der Waals surface area contributed by atoms with Crippen LogP contribution in [-0.4, -0.2) is 24.2 Å². The number of aromatic nitrogens is 1. The average Bonchev–Trinajstić information content (AvgIpc) is 2.43. The lowest BCUT2D eigenvalue weighted by molar-refractivity contribution is 0.0876. The summed E-state index contributed by atoms with van der Waals surface area (Å²) in [5.41, 5.74) is 8.69. The van der Waals surface area contributed by atoms with Crippen LogP contribution in [0.3, 0.4) is 0 Å². The zero-order chi connectivity index (χ0) is 13.2. The maximum atomic E-state index is 6.01. The van der Waals surface area contributed by atoms with E-state index in [-0.39, 0.29) is 0 Å². The molecule has 3 N–H and O–H groups in total. The number of fused-ring (bicyclic) bond motifs is 1. The lowest BCUT2D eigenvalue weighted by Gasteiger charge is -2.24. The second-order valence-electron chi connectivity index (χ2n) is 4.81. The van der Waals surface area contributed by atoms with E-state index in [1.165, 1.54) is 0 Å². The van der Waals surface area contributed by atoms with Gasteiger partial charge < -0.3 is 15.8 Å². The van der Waals surface area contributed by atoms with Crippen LogP contribution in [0, 0.1) is 0 Å². The Kier molecular flexibility index (Phi) is 3.57. The molecule has 5 heteroatoms. The number of pyridine rings is 1. The number of nitrogens with one attached hydrogen (secondary N) is 1. The minimum absolute atomic E-state index is 0.353. The Morgan fingerprint density at radius 3 is 3.11 bits per heavy atom. The third-order valence-corrected chi connectivity index (χ3v) is 3.80. The molecule has 4 nitrogen and oxygen atoms in total. The predicted molar refractivity (Wildman–Crippen MR) is 81.3 cm³/mol. The van der Waals surface area contributed by atoms with Gasteiger partial charge in [-0.15, -0.1) is 0 Å². The molecule has 1 aliphatic heterocycles. The number of nitrogen functional groups attached to an aromatic ring is 1. The van der Waals surface area contributed by atoms with Crippen LogP contribution in [0.4, 0.5) is 11.4 Å². The van der Waals surface area contributed by atoms with Gasteiger partial charge in [-0.25, -0.2) is 0 Å². The van der Waals surface area contributed by atoms with E-state index >= 15 is 0 Å². The fourth-order valence-electron chi connectivity index (χ4n) is 2.41. The fourth-order valence-corrected chi connectivity index (χ4v) is 2.74. The molecule has 3 rings (SSSR count). The molecule has 0 radical (unpaired) electrons. The van der Waals surface area contributed by atoms with Crippen LogP contribution in [0.2, 0.25) is 0 Å². The highest BCUT2D eigenvalue weighted by Crippen LogP contribution is 2.29. The van der Waals surface area contributed by atoms with Crippen molar-refractivity contribution in [2.45, 2.75) is 18.9 Å². The van der Waals surface area contributed by atoms with Crippen molar-refractivity contribution >= 4 is 38.2 Å². The summed E-state index contributed by atoms with van der Waals surface area (Å²) in [4.78, 5) is 4.48. The summed E-state index contributed by atoms with van der Waals surface area (Å²) in [6.07, 6.45) is 4.02. The average molecular weight is 322 g/mol. The van der Waals surface area contributed by atoms with Crippen molar-refractivity contribution in [3.63, 3.8) is 0 Å². The number of nitrogens with two attached hydrogens (primary N) is 1. The van der Waals surface area contributed by atoms with Gasteiger partial charge in [0.15, 0.2) is 0 Å². The smallest absolute Gasteiger partial charge is 0.0954 e. The van der Waals surface area contributed by atoms with E-state index in [9.17, 15) is 0 Å². The van der Waals surface area contributed by atoms with Gasteiger partial charge in [0.1, 0.15) is 0 Å². The molecule has 1 unspecified atom stereocenters. The van der Waals surface area contributed by atoms with E-state index in [0.717, 1.165) is 52.8 Å². The maximum absolute atomic E-state index is 6.01. The van der Waals surface area contributed by atoms with Crippen molar-refractivity contribution in [2.75, 3.05) is 24.3 Å². The highest BCUT2D eigenvalue weighted by atomic mass is 79.9. The first-order valence-corrected chi connectivity index (χ1v) is 7.21. The second kappa shape index (κ2) is 5.35. The van der Waals surface area contributed by atoms with Crippen LogP contribution >= 0.6 is 15.9 Å². The molecule has 1 fully saturated rings. The zero-order valence-electron chi connectivity index (χ0n) is 10.5. The van der Waals surface area contributed by atoms with Crippen molar-refractivity contribution < 1.29 is 4.74 Å². The number of hydrogen-bond donors (Lipinski definition) is 2. The Hall–Kier alpha value is -1.33. The van der Waals surface area contributed by atoms with Crippen LogP contribution < -0.4 is 11.1 Å². The minimum Gasteiger partial charge on any atom is -0.398 e. The van der Waals surface area contributed by atoms with Crippen LogP contribution in [-0.2, 0) is 4.74 Å². The summed E-state index contributed by atoms with van der Waals surface area (Å²) >= 11 is 3.43. The van der Waals surface area contributed by atoms with Gasteiger partial charge >= 0.3 is 0 Å². The predicted octanol–water partition coefficient (Wildman–Crippen LogP) is 3.17. The van der Waals surface area contributed by atoms with Gasteiger partial charge in [0.25, 0.3) is 0 Å². The molecule has 2 heterocycles. The Labute approximate surface area is 120 Å². The second-order valence-corrected chi connectivity index (χ2v) is 5.73. The number of nitrogens with zero attached hydrogens (tertiary/aromatic N) is 1. The lowest BCUT2D eigenvalue weighted by Crippen LogP contribution is -2.30. The molecular weight excluding hydrogens is 306 g/mol. The topological polar surface area (TPSA) is 60.2 Å². The normalized spacial score (nSPS) is 19.5. The molecule has 0 spiro atoms. The molecule has 1 atom stereocenters. The SMILES string of the molecule is Nc1ccc(NC2CCCOC2)c2ncc(Br)cc12. The molecule has 1 aliphatic rings. The van der Waals surface area contributed by atoms with Gasteiger partial charge in [0.2, 0.25) is 0 Å². The number of ether oxygens (including phenoxy) is 1. The molecule has 19 heavy (non-hydrogen) atoms. The maximum Gasteiger partial charge on any atom is 0.0954 e. The van der Waals surface area contributed by atoms with Gasteiger partial charge in [0.05, 0.1) is 17.8 Å². The fraction of sp³-hybridized carbons (Fsp3) is 0.357. The first kappa shape index (κ1) is 12.7. The Balaban J connectivity index is 1.96. The summed E-state index contributed by atoms with van der Waals surface area (Å²) in [5, 5.41) is 4.48. The van der Waals surface area contributed by atoms with Gasteiger partial charge in [-0.05, 0) is 47.0 Å². The van der Waals surface area contributed by atoms with Crippen molar-refractivity contribution in [2.24, 2.45) is 0 Å². The van der Waals surface area contributed by atoms with E-state index in [4.69, 9.17) is 10.5 Å². The monoisotopic (exact) mass is 321 g/mol. The zero-order valence-corrected chi connectivity index (χ0v) is 12.1. The minimum atomic E-state index is 0.353. The highest BCUT2D eigenvalue weighted by molar-refractivity contribution is 9.10. The van der Waals surface area contributed by atoms with Gasteiger partial charge in [-0.3, -0.25) is 4.98 Å². The van der Waals surface area contributed by atoms with Crippen molar-refractivity contribution in [3.8, 4) is 0 Å². The molecule has 1 saturated heterocycles. The largest absolute Gasteiger partial charge is 0.398 e. The summed E-state index contributed by atoms with van der Waals surface area (Å²) in [7, 11) is 0. The number of rotatable bonds is 2. The molecule has 0 saturated carbocycles. The van der Waals surface area contributed by atoms with E-state index < -0.39 is 0 Å². The molecule has 100 valence electrons. The first-order valence-electron chi connectivity index (χ1n) is 6.42. The number of anilines is 2. The van der Waals surface area contributed by atoms with Crippen LogP contribution in [0.5, 0.6) is 0 Å². The Morgan fingerprint density at radius 2 is 2.32 bits per heavy atom. The standard InChI is InChI=1S/C14H16BrN3O/c15-9-6-11-12(16)3-4-13(14(11)17-7-9)18-10-2-1-5-19-8-10/h3-4,6-7,10,18H,1-2,5,8,16H2. The van der Waals surface area contributed by atoms with E-state index in [1.807, 2.05) is 18.2 Å². The number of hydrogen-bond acceptors (Lipinski definition) is 4. The van der Waals surface area contributed by atoms with Crippen LogP contribution in [0.15, 0.2) is 28.9 Å². The lowest BCUT2D eigenvalue weighted by atomic mass is 10.1. The third-order valence-electron chi connectivity index (χ3n) is 3.37.